The van der Waals surface area contributed by atoms with Crippen LogP contribution in [0.4, 0.5) is 5.82 Å². The predicted octanol–water partition coefficient (Wildman–Crippen LogP) is 1.66. The summed E-state index contributed by atoms with van der Waals surface area (Å²) in [5.74, 6) is 2.79. The minimum atomic E-state index is -1.08. The van der Waals surface area contributed by atoms with Crippen molar-refractivity contribution in [3.8, 4) is 0 Å². The van der Waals surface area contributed by atoms with Gasteiger partial charge in [-0.15, -0.1) is 0 Å². The van der Waals surface area contributed by atoms with Crippen molar-refractivity contribution < 1.29 is 14.9 Å². The zero-order valence-electron chi connectivity index (χ0n) is 17.3. The lowest BCUT2D eigenvalue weighted by Gasteiger charge is -2.16. The topological polar surface area (TPSA) is 148 Å². The Balaban J connectivity index is 1.10. The Morgan fingerprint density at radius 1 is 1.12 bits per heavy atom. The molecule has 11 heteroatoms. The molecule has 4 heterocycles. The van der Waals surface area contributed by atoms with Crippen molar-refractivity contribution in [1.82, 2.24) is 29.5 Å². The van der Waals surface area contributed by atoms with Gasteiger partial charge in [0.05, 0.1) is 23.5 Å². The van der Waals surface area contributed by atoms with E-state index < -0.39 is 24.5 Å². The van der Waals surface area contributed by atoms with Crippen LogP contribution in [0.1, 0.15) is 24.9 Å². The summed E-state index contributed by atoms with van der Waals surface area (Å²) in [7, 11) is 0. The number of unbranched alkanes of at least 4 members (excludes halogenated alkanes) is 1. The van der Waals surface area contributed by atoms with Crippen molar-refractivity contribution in [2.45, 2.75) is 43.8 Å². The maximum absolute atomic E-state index is 10.5. The number of hydrogen-bond acceptors (Lipinski definition) is 9. The number of ether oxygens (including phenoxy) is 1. The molecule has 0 spiro atoms. The second-order valence-corrected chi connectivity index (χ2v) is 9.01. The predicted molar refractivity (Wildman–Crippen MR) is 122 cm³/mol. The van der Waals surface area contributed by atoms with Gasteiger partial charge in [-0.25, -0.2) is 19.9 Å². The molecule has 5 rings (SSSR count). The number of aromatic amines is 1. The number of nitrogen functional groups attached to an aromatic ring is 1. The number of aromatic nitrogens is 6. The summed E-state index contributed by atoms with van der Waals surface area (Å²) in [6, 6.07) is 8.03. The number of nitrogens with two attached hydrogens (primary N) is 1. The Morgan fingerprint density at radius 2 is 2.00 bits per heavy atom. The molecule has 1 aromatic carbocycles. The van der Waals surface area contributed by atoms with Crippen molar-refractivity contribution >= 4 is 39.8 Å². The number of thioether (sulfide) groups is 1. The number of H-pyrrole nitrogens is 1. The largest absolute Gasteiger partial charge is 0.387 e. The van der Waals surface area contributed by atoms with Gasteiger partial charge in [-0.05, 0) is 30.7 Å². The van der Waals surface area contributed by atoms with Crippen LogP contribution < -0.4 is 5.73 Å². The molecule has 1 fully saturated rings. The van der Waals surface area contributed by atoms with Gasteiger partial charge in [0.1, 0.15) is 29.9 Å². The molecule has 1 aliphatic rings. The average molecular weight is 456 g/mol. The highest BCUT2D eigenvalue weighted by Gasteiger charge is 2.44. The molecule has 4 atom stereocenters. The number of nitrogens with zero attached hydrogens (tertiary/aromatic N) is 5. The van der Waals surface area contributed by atoms with Crippen LogP contribution in [0.2, 0.25) is 0 Å². The number of rotatable bonds is 8. The SMILES string of the molecule is Nc1ncnc2c1ncn2[C@@H]1O[C@H](CSCCCCc2nc3ccccc3[nH]2)[C@@H](O)[C@H]1O. The van der Waals surface area contributed by atoms with E-state index in [2.05, 4.69) is 24.9 Å². The number of anilines is 1. The molecule has 168 valence electrons. The Morgan fingerprint density at radius 3 is 2.88 bits per heavy atom. The van der Waals surface area contributed by atoms with Crippen molar-refractivity contribution in [1.29, 1.82) is 0 Å². The first-order valence-electron chi connectivity index (χ1n) is 10.6. The van der Waals surface area contributed by atoms with Crippen LogP contribution in [-0.2, 0) is 11.2 Å². The number of nitrogens with one attached hydrogen (secondary N) is 1. The second-order valence-electron chi connectivity index (χ2n) is 7.86. The molecule has 0 amide bonds. The minimum Gasteiger partial charge on any atom is -0.387 e. The third-order valence-corrected chi connectivity index (χ3v) is 6.81. The molecule has 4 aromatic rings. The highest BCUT2D eigenvalue weighted by molar-refractivity contribution is 7.99. The molecule has 1 saturated heterocycles. The summed E-state index contributed by atoms with van der Waals surface area (Å²) in [6.45, 7) is 0. The van der Waals surface area contributed by atoms with Crippen LogP contribution in [0.3, 0.4) is 0 Å². The zero-order chi connectivity index (χ0) is 22.1. The van der Waals surface area contributed by atoms with E-state index in [0.717, 1.165) is 41.9 Å². The fourth-order valence-electron chi connectivity index (χ4n) is 3.97. The van der Waals surface area contributed by atoms with Crippen molar-refractivity contribution in [3.05, 3.63) is 42.7 Å². The van der Waals surface area contributed by atoms with Crippen LogP contribution in [0, 0.1) is 0 Å². The molecular formula is C21H25N7O3S. The lowest BCUT2D eigenvalue weighted by molar-refractivity contribution is -0.0289. The van der Waals surface area contributed by atoms with Gasteiger partial charge < -0.3 is 25.7 Å². The lowest BCUT2D eigenvalue weighted by atomic mass is 10.1. The molecule has 0 bridgehead atoms. The van der Waals surface area contributed by atoms with E-state index in [1.165, 1.54) is 12.7 Å². The second kappa shape index (κ2) is 9.02. The van der Waals surface area contributed by atoms with Crippen LogP contribution in [0.25, 0.3) is 22.2 Å². The van der Waals surface area contributed by atoms with Gasteiger partial charge in [0.15, 0.2) is 17.7 Å². The van der Waals surface area contributed by atoms with Crippen LogP contribution in [0.15, 0.2) is 36.9 Å². The quantitative estimate of drug-likeness (QED) is 0.291. The van der Waals surface area contributed by atoms with Gasteiger partial charge in [0.2, 0.25) is 0 Å². The number of para-hydroxylation sites is 2. The molecule has 3 aromatic heterocycles. The van der Waals surface area contributed by atoms with Gasteiger partial charge in [0, 0.05) is 12.2 Å². The van der Waals surface area contributed by atoms with Gasteiger partial charge >= 0.3 is 0 Å². The molecule has 0 saturated carbocycles. The van der Waals surface area contributed by atoms with Crippen LogP contribution in [0.5, 0.6) is 0 Å². The van der Waals surface area contributed by atoms with E-state index in [-0.39, 0.29) is 5.82 Å². The summed E-state index contributed by atoms with van der Waals surface area (Å²) < 4.78 is 7.57. The standard InChI is InChI=1S/C21H25N7O3S/c22-19-16-20(24-10-23-19)28(11-25-16)21-18(30)17(29)14(31-21)9-32-8-4-3-7-15-26-12-5-1-2-6-13(12)27-15/h1-2,5-6,10-11,14,17-18,21,29-30H,3-4,7-9H2,(H,26,27)(H2,22,23,24)/t14-,17-,18-,21-/m1/s1. The Bertz CT molecular complexity index is 1180. The first-order chi connectivity index (χ1) is 15.6. The number of hydrogen-bond donors (Lipinski definition) is 4. The van der Waals surface area contributed by atoms with E-state index in [4.69, 9.17) is 10.5 Å². The zero-order valence-corrected chi connectivity index (χ0v) is 18.1. The summed E-state index contributed by atoms with van der Waals surface area (Å²) in [4.78, 5) is 20.3. The molecular weight excluding hydrogens is 430 g/mol. The molecule has 32 heavy (non-hydrogen) atoms. The van der Waals surface area contributed by atoms with Crippen molar-refractivity contribution in [2.24, 2.45) is 0 Å². The highest BCUT2D eigenvalue weighted by atomic mass is 32.2. The summed E-state index contributed by atoms with van der Waals surface area (Å²) in [5.41, 5.74) is 8.81. The third-order valence-electron chi connectivity index (χ3n) is 5.67. The number of benzene rings is 1. The molecule has 10 nitrogen and oxygen atoms in total. The first-order valence-corrected chi connectivity index (χ1v) is 11.7. The van der Waals surface area contributed by atoms with E-state index in [9.17, 15) is 10.2 Å². The Kier molecular flexibility index (Phi) is 5.96. The van der Waals surface area contributed by atoms with E-state index >= 15 is 0 Å². The van der Waals surface area contributed by atoms with Gasteiger partial charge in [-0.3, -0.25) is 4.57 Å². The number of aliphatic hydroxyl groups is 2. The first kappa shape index (κ1) is 21.1. The van der Waals surface area contributed by atoms with Crippen LogP contribution in [-0.4, -0.2) is 69.5 Å². The number of aryl methyl sites for hydroxylation is 1. The number of aliphatic hydroxyl groups excluding tert-OH is 2. The van der Waals surface area contributed by atoms with Gasteiger partial charge in [-0.2, -0.15) is 11.8 Å². The fraction of sp³-hybridized carbons (Fsp3) is 0.429. The summed E-state index contributed by atoms with van der Waals surface area (Å²) in [5, 5.41) is 21.0. The average Bonchev–Trinajstić information content (AvgIpc) is 3.48. The highest BCUT2D eigenvalue weighted by Crippen LogP contribution is 2.33. The van der Waals surface area contributed by atoms with E-state index in [1.54, 1.807) is 16.3 Å². The fourth-order valence-corrected chi connectivity index (χ4v) is 5.06. The summed E-state index contributed by atoms with van der Waals surface area (Å²) in [6.07, 6.45) is 2.47. The van der Waals surface area contributed by atoms with Crippen molar-refractivity contribution in [3.63, 3.8) is 0 Å². The smallest absolute Gasteiger partial charge is 0.167 e. The van der Waals surface area contributed by atoms with E-state index in [0.29, 0.717) is 16.9 Å². The third kappa shape index (κ3) is 4.04. The monoisotopic (exact) mass is 455 g/mol. The minimum absolute atomic E-state index is 0.261. The van der Waals surface area contributed by atoms with Crippen molar-refractivity contribution in [2.75, 3.05) is 17.2 Å². The van der Waals surface area contributed by atoms with Crippen LogP contribution >= 0.6 is 11.8 Å². The molecule has 0 radical (unpaired) electrons. The summed E-state index contributed by atoms with van der Waals surface area (Å²) >= 11 is 1.70. The maximum atomic E-state index is 10.5. The lowest BCUT2D eigenvalue weighted by Crippen LogP contribution is -2.32. The van der Waals surface area contributed by atoms with E-state index in [1.807, 2.05) is 24.3 Å². The molecule has 0 unspecified atom stereocenters. The van der Waals surface area contributed by atoms with Gasteiger partial charge in [-0.1, -0.05) is 12.1 Å². The molecule has 0 aliphatic carbocycles. The van der Waals surface area contributed by atoms with Gasteiger partial charge in [0.25, 0.3) is 0 Å². The Hall–Kier alpha value is -2.73. The Labute approximate surface area is 188 Å². The number of imidazole rings is 2. The number of fused-ring (bicyclic) bond motifs is 2. The molecule has 1 aliphatic heterocycles. The maximum Gasteiger partial charge on any atom is 0.167 e. The molecule has 5 N–H and O–H groups in total. The normalized spacial score (nSPS) is 23.4.